The van der Waals surface area contributed by atoms with Gasteiger partial charge in [0, 0.05) is 32.1 Å². The summed E-state index contributed by atoms with van der Waals surface area (Å²) in [5.74, 6) is 1.23. The van der Waals surface area contributed by atoms with Crippen LogP contribution in [0.2, 0.25) is 0 Å². The second-order valence-electron chi connectivity index (χ2n) is 7.70. The number of primary amides is 1. The molecule has 0 bridgehead atoms. The Balaban J connectivity index is 1.55. The summed E-state index contributed by atoms with van der Waals surface area (Å²) in [5.41, 5.74) is 5.38. The Morgan fingerprint density at radius 2 is 1.79 bits per heavy atom. The first-order valence-corrected chi connectivity index (χ1v) is 9.46. The summed E-state index contributed by atoms with van der Waals surface area (Å²) in [7, 11) is 0. The maximum atomic E-state index is 12.9. The van der Waals surface area contributed by atoms with Gasteiger partial charge in [-0.05, 0) is 31.6 Å². The highest BCUT2D eigenvalue weighted by Gasteiger charge is 2.35. The van der Waals surface area contributed by atoms with Crippen LogP contribution in [-0.4, -0.2) is 67.0 Å². The van der Waals surface area contributed by atoms with E-state index in [9.17, 15) is 9.59 Å². The molecule has 1 aliphatic carbocycles. The fourth-order valence-corrected chi connectivity index (χ4v) is 4.21. The van der Waals surface area contributed by atoms with Gasteiger partial charge in [-0.3, -0.25) is 14.5 Å². The number of amides is 2. The topological polar surface area (TPSA) is 75.9 Å². The number of hydrogen-bond donors (Lipinski definition) is 1. The second kappa shape index (κ2) is 7.83. The Morgan fingerprint density at radius 3 is 2.38 bits per heavy atom. The van der Waals surface area contributed by atoms with Crippen LogP contribution in [0.25, 0.3) is 0 Å². The van der Waals surface area contributed by atoms with E-state index >= 15 is 0 Å². The van der Waals surface area contributed by atoms with Crippen molar-refractivity contribution in [1.82, 2.24) is 9.80 Å². The van der Waals surface area contributed by atoms with Gasteiger partial charge in [-0.2, -0.15) is 0 Å². The van der Waals surface area contributed by atoms with E-state index in [0.717, 1.165) is 25.6 Å². The average molecular weight is 337 g/mol. The lowest BCUT2D eigenvalue weighted by atomic mass is 9.76. The summed E-state index contributed by atoms with van der Waals surface area (Å²) in [4.78, 5) is 28.4. The van der Waals surface area contributed by atoms with Crippen LogP contribution in [0, 0.1) is 17.8 Å². The van der Waals surface area contributed by atoms with Gasteiger partial charge < -0.3 is 15.4 Å². The fraction of sp³-hybridized carbons (Fsp3) is 0.889. The third kappa shape index (κ3) is 3.91. The molecule has 2 unspecified atom stereocenters. The Kier molecular flexibility index (Phi) is 5.76. The van der Waals surface area contributed by atoms with E-state index < -0.39 is 0 Å². The molecule has 2 N–H and O–H groups in total. The minimum Gasteiger partial charge on any atom is -0.380 e. The summed E-state index contributed by atoms with van der Waals surface area (Å²) in [6.07, 6.45) is 5.35. The summed E-state index contributed by atoms with van der Waals surface area (Å²) < 4.78 is 5.79. The lowest BCUT2D eigenvalue weighted by Crippen LogP contribution is -2.52. The highest BCUT2D eigenvalue weighted by molar-refractivity contribution is 5.82. The van der Waals surface area contributed by atoms with Gasteiger partial charge in [0.1, 0.15) is 0 Å². The lowest BCUT2D eigenvalue weighted by Gasteiger charge is -2.38. The van der Waals surface area contributed by atoms with Gasteiger partial charge in [-0.15, -0.1) is 0 Å². The zero-order chi connectivity index (χ0) is 17.1. The zero-order valence-corrected chi connectivity index (χ0v) is 14.8. The number of rotatable bonds is 4. The maximum Gasteiger partial charge on any atom is 0.239 e. The molecule has 0 aromatic heterocycles. The van der Waals surface area contributed by atoms with E-state index in [2.05, 4.69) is 4.90 Å². The quantitative estimate of drug-likeness (QED) is 0.825. The van der Waals surface area contributed by atoms with Gasteiger partial charge in [0.05, 0.1) is 19.3 Å². The average Bonchev–Trinajstić information content (AvgIpc) is 2.78. The molecule has 6 heteroatoms. The molecule has 2 heterocycles. The first kappa shape index (κ1) is 17.7. The van der Waals surface area contributed by atoms with Crippen molar-refractivity contribution in [2.24, 2.45) is 23.5 Å². The maximum absolute atomic E-state index is 12.9. The Labute approximate surface area is 144 Å². The molecular formula is C18H31N3O3. The van der Waals surface area contributed by atoms with Crippen molar-refractivity contribution in [1.29, 1.82) is 0 Å². The van der Waals surface area contributed by atoms with Crippen molar-refractivity contribution >= 4 is 11.8 Å². The van der Waals surface area contributed by atoms with Crippen molar-refractivity contribution in [3.8, 4) is 0 Å². The van der Waals surface area contributed by atoms with Crippen molar-refractivity contribution < 1.29 is 14.3 Å². The van der Waals surface area contributed by atoms with Crippen molar-refractivity contribution in [2.45, 2.75) is 45.1 Å². The minimum absolute atomic E-state index is 0.0704. The normalized spacial score (nSPS) is 28.9. The van der Waals surface area contributed by atoms with Crippen LogP contribution in [0.3, 0.4) is 0 Å². The number of carbonyl (C=O) groups excluding carboxylic acids is 2. The molecule has 0 spiro atoms. The SMILES string of the molecule is CC(C(=O)N1CCC(C(N)=O)CC1)N1CCOCC(C2CCC2)C1. The summed E-state index contributed by atoms with van der Waals surface area (Å²) in [6, 6.07) is -0.112. The van der Waals surface area contributed by atoms with Crippen LogP contribution in [0.15, 0.2) is 0 Å². The predicted octanol–water partition coefficient (Wildman–Crippen LogP) is 0.847. The second-order valence-corrected chi connectivity index (χ2v) is 7.70. The monoisotopic (exact) mass is 337 g/mol. The third-order valence-electron chi connectivity index (χ3n) is 6.25. The van der Waals surface area contributed by atoms with E-state index in [4.69, 9.17) is 10.5 Å². The highest BCUT2D eigenvalue weighted by atomic mass is 16.5. The van der Waals surface area contributed by atoms with Gasteiger partial charge in [0.25, 0.3) is 0 Å². The molecule has 0 aromatic rings. The van der Waals surface area contributed by atoms with Crippen LogP contribution in [0.1, 0.15) is 39.0 Å². The number of carbonyl (C=O) groups is 2. The van der Waals surface area contributed by atoms with Gasteiger partial charge in [-0.1, -0.05) is 19.3 Å². The number of ether oxygens (including phenoxy) is 1. The van der Waals surface area contributed by atoms with Gasteiger partial charge in [0.15, 0.2) is 0 Å². The molecule has 0 aromatic carbocycles. The molecule has 3 fully saturated rings. The molecule has 1 saturated carbocycles. The number of nitrogens with two attached hydrogens (primary N) is 1. The largest absolute Gasteiger partial charge is 0.380 e. The number of piperidine rings is 1. The predicted molar refractivity (Wildman–Crippen MR) is 91.2 cm³/mol. The smallest absolute Gasteiger partial charge is 0.239 e. The number of likely N-dealkylation sites (tertiary alicyclic amines) is 1. The van der Waals surface area contributed by atoms with E-state index in [1.165, 1.54) is 19.3 Å². The van der Waals surface area contributed by atoms with Gasteiger partial charge in [-0.25, -0.2) is 0 Å². The third-order valence-corrected chi connectivity index (χ3v) is 6.25. The molecule has 2 atom stereocenters. The van der Waals surface area contributed by atoms with Crippen LogP contribution in [0.4, 0.5) is 0 Å². The van der Waals surface area contributed by atoms with Gasteiger partial charge >= 0.3 is 0 Å². The molecule has 3 aliphatic rings. The fourth-order valence-electron chi connectivity index (χ4n) is 4.21. The first-order chi connectivity index (χ1) is 11.6. The number of nitrogens with zero attached hydrogens (tertiary/aromatic N) is 2. The van der Waals surface area contributed by atoms with Crippen LogP contribution >= 0.6 is 0 Å². The van der Waals surface area contributed by atoms with Crippen molar-refractivity contribution in [3.63, 3.8) is 0 Å². The Bertz CT molecular complexity index is 458. The molecule has 2 aliphatic heterocycles. The summed E-state index contributed by atoms with van der Waals surface area (Å²) in [5, 5.41) is 0. The van der Waals surface area contributed by atoms with E-state index in [1.807, 2.05) is 11.8 Å². The van der Waals surface area contributed by atoms with Crippen molar-refractivity contribution in [2.75, 3.05) is 39.4 Å². The zero-order valence-electron chi connectivity index (χ0n) is 14.8. The Morgan fingerprint density at radius 1 is 1.08 bits per heavy atom. The lowest BCUT2D eigenvalue weighted by molar-refractivity contribution is -0.139. The van der Waals surface area contributed by atoms with Crippen LogP contribution in [-0.2, 0) is 14.3 Å². The molecule has 24 heavy (non-hydrogen) atoms. The molecule has 2 amide bonds. The van der Waals surface area contributed by atoms with Gasteiger partial charge in [0.2, 0.25) is 11.8 Å². The molecular weight excluding hydrogens is 306 g/mol. The minimum atomic E-state index is -0.233. The Hall–Kier alpha value is -1.14. The molecule has 3 rings (SSSR count). The summed E-state index contributed by atoms with van der Waals surface area (Å²) >= 11 is 0. The van der Waals surface area contributed by atoms with E-state index in [1.54, 1.807) is 0 Å². The first-order valence-electron chi connectivity index (χ1n) is 9.46. The van der Waals surface area contributed by atoms with Crippen molar-refractivity contribution in [3.05, 3.63) is 0 Å². The van der Waals surface area contributed by atoms with Crippen LogP contribution < -0.4 is 5.73 Å². The molecule has 136 valence electrons. The van der Waals surface area contributed by atoms with E-state index in [-0.39, 0.29) is 23.8 Å². The number of hydrogen-bond acceptors (Lipinski definition) is 4. The van der Waals surface area contributed by atoms with E-state index in [0.29, 0.717) is 38.5 Å². The molecule has 2 saturated heterocycles. The van der Waals surface area contributed by atoms with Crippen LogP contribution in [0.5, 0.6) is 0 Å². The highest BCUT2D eigenvalue weighted by Crippen LogP contribution is 2.35. The molecule has 6 nitrogen and oxygen atoms in total. The summed E-state index contributed by atoms with van der Waals surface area (Å²) in [6.45, 7) is 6.66. The standard InChI is InChI=1S/C18H31N3O3/c1-13(18(23)20-7-5-15(6-8-20)17(19)22)21-9-10-24-12-16(11-21)14-3-2-4-14/h13-16H,2-12H2,1H3,(H2,19,22). The molecule has 0 radical (unpaired) electrons.